The molecule has 0 atom stereocenters. The number of carbonyl (C=O) groups excluding carboxylic acids is 1. The van der Waals surface area contributed by atoms with Crippen LogP contribution in [0.2, 0.25) is 0 Å². The second-order valence-electron chi connectivity index (χ2n) is 6.94. The molecule has 6 nitrogen and oxygen atoms in total. The van der Waals surface area contributed by atoms with Crippen molar-refractivity contribution in [3.8, 4) is 0 Å². The lowest BCUT2D eigenvalue weighted by Crippen LogP contribution is -2.26. The highest BCUT2D eigenvalue weighted by Crippen LogP contribution is 2.24. The van der Waals surface area contributed by atoms with Gasteiger partial charge in [-0.1, -0.05) is 55.9 Å². The highest BCUT2D eigenvalue weighted by Gasteiger charge is 2.14. The summed E-state index contributed by atoms with van der Waals surface area (Å²) in [4.78, 5) is 30.0. The van der Waals surface area contributed by atoms with Crippen molar-refractivity contribution >= 4 is 34.3 Å². The van der Waals surface area contributed by atoms with E-state index in [9.17, 15) is 9.59 Å². The number of carbonyl (C=O) groups is 1. The predicted octanol–water partition coefficient (Wildman–Crippen LogP) is 3.90. The number of thioether (sulfide) groups is 1. The first-order valence-corrected chi connectivity index (χ1v) is 10.5. The smallest absolute Gasteiger partial charge is 0.262 e. The Balaban J connectivity index is 1.81. The number of anilines is 1. The largest absolute Gasteiger partial charge is 0.383 e. The van der Waals surface area contributed by atoms with Crippen molar-refractivity contribution in [1.82, 2.24) is 9.55 Å². The summed E-state index contributed by atoms with van der Waals surface area (Å²) in [6.07, 6.45) is 0. The SMILES string of the molecule is COCCn1c(SCC(=O)Nc2ccccc2C(C)C)nc2ccccc2c1=O. The Morgan fingerprint density at radius 3 is 2.66 bits per heavy atom. The van der Waals surface area contributed by atoms with E-state index >= 15 is 0 Å². The predicted molar refractivity (Wildman–Crippen MR) is 118 cm³/mol. The van der Waals surface area contributed by atoms with Crippen molar-refractivity contribution in [2.45, 2.75) is 31.5 Å². The topological polar surface area (TPSA) is 73.2 Å². The Morgan fingerprint density at radius 2 is 1.90 bits per heavy atom. The van der Waals surface area contributed by atoms with Gasteiger partial charge in [0.2, 0.25) is 5.91 Å². The number of aromatic nitrogens is 2. The van der Waals surface area contributed by atoms with E-state index in [1.54, 1.807) is 23.8 Å². The molecule has 2 aromatic carbocycles. The molecule has 152 valence electrons. The van der Waals surface area contributed by atoms with E-state index in [4.69, 9.17) is 4.74 Å². The number of methoxy groups -OCH3 is 1. The molecule has 0 saturated heterocycles. The molecule has 1 aromatic heterocycles. The van der Waals surface area contributed by atoms with Gasteiger partial charge < -0.3 is 10.1 Å². The van der Waals surface area contributed by atoms with Crippen molar-refractivity contribution in [3.05, 3.63) is 64.4 Å². The van der Waals surface area contributed by atoms with Crippen LogP contribution in [0, 0.1) is 0 Å². The standard InChI is InChI=1S/C22H25N3O3S/c1-15(2)16-8-4-6-10-18(16)23-20(26)14-29-22-24-19-11-7-5-9-17(19)21(27)25(22)12-13-28-3/h4-11,15H,12-14H2,1-3H3,(H,23,26). The maximum Gasteiger partial charge on any atom is 0.262 e. The van der Waals surface area contributed by atoms with Gasteiger partial charge in [0.05, 0.1) is 29.8 Å². The zero-order chi connectivity index (χ0) is 20.8. The number of fused-ring (bicyclic) bond motifs is 1. The average molecular weight is 412 g/mol. The van der Waals surface area contributed by atoms with Gasteiger partial charge in [-0.2, -0.15) is 0 Å². The molecule has 1 heterocycles. The van der Waals surface area contributed by atoms with Crippen molar-refractivity contribution < 1.29 is 9.53 Å². The van der Waals surface area contributed by atoms with Crippen molar-refractivity contribution in [2.24, 2.45) is 0 Å². The van der Waals surface area contributed by atoms with E-state index in [0.29, 0.717) is 35.1 Å². The molecule has 3 aromatic rings. The summed E-state index contributed by atoms with van der Waals surface area (Å²) in [7, 11) is 1.59. The van der Waals surface area contributed by atoms with Gasteiger partial charge in [-0.05, 0) is 29.7 Å². The highest BCUT2D eigenvalue weighted by molar-refractivity contribution is 7.99. The molecular formula is C22H25N3O3S. The third kappa shape index (κ3) is 5.05. The molecular weight excluding hydrogens is 386 g/mol. The fraction of sp³-hybridized carbons (Fsp3) is 0.318. The summed E-state index contributed by atoms with van der Waals surface area (Å²) in [5.41, 5.74) is 2.41. The van der Waals surface area contributed by atoms with Gasteiger partial charge in [-0.3, -0.25) is 14.2 Å². The second-order valence-corrected chi connectivity index (χ2v) is 7.88. The molecule has 0 aliphatic rings. The zero-order valence-corrected chi connectivity index (χ0v) is 17.7. The number of benzene rings is 2. The quantitative estimate of drug-likeness (QED) is 0.450. The average Bonchev–Trinajstić information content (AvgIpc) is 2.72. The minimum atomic E-state index is -0.135. The van der Waals surface area contributed by atoms with Crippen LogP contribution >= 0.6 is 11.8 Å². The molecule has 0 aliphatic heterocycles. The number of hydrogen-bond donors (Lipinski definition) is 1. The molecule has 29 heavy (non-hydrogen) atoms. The fourth-order valence-corrected chi connectivity index (χ4v) is 3.89. The van der Waals surface area contributed by atoms with Crippen molar-refractivity contribution in [3.63, 3.8) is 0 Å². The third-order valence-corrected chi connectivity index (χ3v) is 5.51. The molecule has 3 rings (SSSR count). The third-order valence-electron chi connectivity index (χ3n) is 4.53. The number of hydrogen-bond acceptors (Lipinski definition) is 5. The number of nitrogens with zero attached hydrogens (tertiary/aromatic N) is 2. The van der Waals surface area contributed by atoms with Crippen LogP contribution in [0.15, 0.2) is 58.5 Å². The summed E-state index contributed by atoms with van der Waals surface area (Å²) in [6.45, 7) is 4.95. The van der Waals surface area contributed by atoms with Crippen LogP contribution < -0.4 is 10.9 Å². The lowest BCUT2D eigenvalue weighted by molar-refractivity contribution is -0.113. The number of amides is 1. The number of nitrogens with one attached hydrogen (secondary N) is 1. The summed E-state index contributed by atoms with van der Waals surface area (Å²) in [5, 5.41) is 4.05. The highest BCUT2D eigenvalue weighted by atomic mass is 32.2. The van der Waals surface area contributed by atoms with Gasteiger partial charge >= 0.3 is 0 Å². The van der Waals surface area contributed by atoms with E-state index in [1.807, 2.05) is 36.4 Å². The first-order valence-electron chi connectivity index (χ1n) is 9.51. The second kappa shape index (κ2) is 9.71. The fourth-order valence-electron chi connectivity index (χ4n) is 3.07. The number of para-hydroxylation sites is 2. The van der Waals surface area contributed by atoms with Gasteiger partial charge in [-0.25, -0.2) is 4.98 Å². The van der Waals surface area contributed by atoms with Gasteiger partial charge in [0.1, 0.15) is 0 Å². The molecule has 0 fully saturated rings. The molecule has 0 unspecified atom stereocenters. The van der Waals surface area contributed by atoms with E-state index < -0.39 is 0 Å². The minimum absolute atomic E-state index is 0.124. The van der Waals surface area contributed by atoms with E-state index in [-0.39, 0.29) is 17.2 Å². The van der Waals surface area contributed by atoms with Crippen LogP contribution in [-0.2, 0) is 16.1 Å². The summed E-state index contributed by atoms with van der Waals surface area (Å²) in [6, 6.07) is 15.0. The summed E-state index contributed by atoms with van der Waals surface area (Å²) >= 11 is 1.25. The Bertz CT molecular complexity index is 1060. The monoisotopic (exact) mass is 411 g/mol. The number of rotatable bonds is 8. The molecule has 0 saturated carbocycles. The molecule has 7 heteroatoms. The van der Waals surface area contributed by atoms with Crippen LogP contribution in [-0.4, -0.2) is 34.9 Å². The first-order chi connectivity index (χ1) is 14.0. The Labute approximate surface area is 174 Å². The van der Waals surface area contributed by atoms with Crippen molar-refractivity contribution in [1.29, 1.82) is 0 Å². The maximum atomic E-state index is 12.9. The summed E-state index contributed by atoms with van der Waals surface area (Å²) in [5.74, 6) is 0.328. The zero-order valence-electron chi connectivity index (χ0n) is 16.8. The molecule has 0 radical (unpaired) electrons. The van der Waals surface area contributed by atoms with Gasteiger partial charge in [-0.15, -0.1) is 0 Å². The lowest BCUT2D eigenvalue weighted by Gasteiger charge is -2.15. The molecule has 1 amide bonds. The molecule has 0 aliphatic carbocycles. The van der Waals surface area contributed by atoms with Gasteiger partial charge in [0.15, 0.2) is 5.16 Å². The molecule has 1 N–H and O–H groups in total. The molecule has 0 spiro atoms. The number of ether oxygens (including phenoxy) is 1. The van der Waals surface area contributed by atoms with Gasteiger partial charge in [0, 0.05) is 12.8 Å². The minimum Gasteiger partial charge on any atom is -0.383 e. The summed E-state index contributed by atoms with van der Waals surface area (Å²) < 4.78 is 6.71. The van der Waals surface area contributed by atoms with Crippen LogP contribution in [0.1, 0.15) is 25.3 Å². The Hall–Kier alpha value is -2.64. The lowest BCUT2D eigenvalue weighted by atomic mass is 10.0. The van der Waals surface area contributed by atoms with E-state index in [2.05, 4.69) is 24.1 Å². The Morgan fingerprint density at radius 1 is 1.17 bits per heavy atom. The molecule has 0 bridgehead atoms. The maximum absolute atomic E-state index is 12.9. The normalized spacial score (nSPS) is 11.2. The van der Waals surface area contributed by atoms with Crippen LogP contribution in [0.25, 0.3) is 10.9 Å². The van der Waals surface area contributed by atoms with Crippen LogP contribution in [0.3, 0.4) is 0 Å². The van der Waals surface area contributed by atoms with Crippen LogP contribution in [0.4, 0.5) is 5.69 Å². The Kier molecular flexibility index (Phi) is 7.06. The van der Waals surface area contributed by atoms with Crippen molar-refractivity contribution in [2.75, 3.05) is 24.8 Å². The van der Waals surface area contributed by atoms with Crippen LogP contribution in [0.5, 0.6) is 0 Å². The van der Waals surface area contributed by atoms with E-state index in [0.717, 1.165) is 11.3 Å². The van der Waals surface area contributed by atoms with Gasteiger partial charge in [0.25, 0.3) is 5.56 Å². The first kappa shape index (κ1) is 21.1. The van der Waals surface area contributed by atoms with E-state index in [1.165, 1.54) is 11.8 Å².